The molecule has 0 saturated heterocycles. The van der Waals surface area contributed by atoms with Crippen LogP contribution in [0.4, 0.5) is 0 Å². The molecule has 1 N–H and O–H groups in total. The highest BCUT2D eigenvalue weighted by Crippen LogP contribution is 2.35. The minimum atomic E-state index is -1.08. The van der Waals surface area contributed by atoms with Gasteiger partial charge in [0.15, 0.2) is 11.5 Å². The van der Waals surface area contributed by atoms with Crippen molar-refractivity contribution in [2.24, 2.45) is 0 Å². The number of aryl methyl sites for hydroxylation is 1. The van der Waals surface area contributed by atoms with Gasteiger partial charge in [0.1, 0.15) is 5.60 Å². The quantitative estimate of drug-likeness (QED) is 0.914. The molecule has 0 amide bonds. The average molecular weight is 286 g/mol. The van der Waals surface area contributed by atoms with E-state index in [1.807, 2.05) is 42.5 Å². The maximum absolute atomic E-state index is 10.9. The third kappa shape index (κ3) is 3.03. The Hall–Kier alpha value is -2.00. The predicted molar refractivity (Wildman–Crippen MR) is 84.0 cm³/mol. The van der Waals surface area contributed by atoms with Crippen molar-refractivity contribution in [2.75, 3.05) is 14.2 Å². The van der Waals surface area contributed by atoms with E-state index < -0.39 is 5.60 Å². The molecule has 0 spiro atoms. The first-order chi connectivity index (χ1) is 10.0. The van der Waals surface area contributed by atoms with E-state index in [2.05, 4.69) is 6.92 Å². The first kappa shape index (κ1) is 15.4. The zero-order valence-electron chi connectivity index (χ0n) is 13.0. The van der Waals surface area contributed by atoms with Gasteiger partial charge < -0.3 is 14.6 Å². The molecule has 0 saturated carbocycles. The Morgan fingerprint density at radius 1 is 0.905 bits per heavy atom. The Morgan fingerprint density at radius 3 is 2.00 bits per heavy atom. The van der Waals surface area contributed by atoms with Crippen molar-refractivity contribution in [2.45, 2.75) is 25.9 Å². The van der Waals surface area contributed by atoms with Crippen LogP contribution in [0.1, 0.15) is 30.5 Å². The van der Waals surface area contributed by atoms with Gasteiger partial charge in [-0.15, -0.1) is 0 Å². The van der Waals surface area contributed by atoms with Gasteiger partial charge >= 0.3 is 0 Å². The van der Waals surface area contributed by atoms with Crippen molar-refractivity contribution in [3.05, 3.63) is 59.2 Å². The van der Waals surface area contributed by atoms with Gasteiger partial charge in [0.05, 0.1) is 14.2 Å². The summed E-state index contributed by atoms with van der Waals surface area (Å²) in [6.45, 7) is 3.90. The molecule has 112 valence electrons. The highest BCUT2D eigenvalue weighted by molar-refractivity contribution is 5.47. The lowest BCUT2D eigenvalue weighted by molar-refractivity contribution is 0.102. The highest BCUT2D eigenvalue weighted by atomic mass is 16.5. The maximum Gasteiger partial charge on any atom is 0.161 e. The molecule has 0 bridgehead atoms. The average Bonchev–Trinajstić information content (AvgIpc) is 2.54. The molecule has 21 heavy (non-hydrogen) atoms. The van der Waals surface area contributed by atoms with E-state index in [1.54, 1.807) is 21.1 Å². The summed E-state index contributed by atoms with van der Waals surface area (Å²) in [5.41, 5.74) is 1.80. The summed E-state index contributed by atoms with van der Waals surface area (Å²) in [4.78, 5) is 0. The van der Waals surface area contributed by atoms with Crippen LogP contribution in [0.2, 0.25) is 0 Å². The number of aliphatic hydroxyl groups is 1. The summed E-state index contributed by atoms with van der Waals surface area (Å²) in [7, 11) is 3.19. The van der Waals surface area contributed by atoms with Crippen LogP contribution in [0.3, 0.4) is 0 Å². The topological polar surface area (TPSA) is 38.7 Å². The lowest BCUT2D eigenvalue weighted by atomic mass is 9.87. The summed E-state index contributed by atoms with van der Waals surface area (Å²) in [6, 6.07) is 13.5. The van der Waals surface area contributed by atoms with Gasteiger partial charge in [0.25, 0.3) is 0 Å². The third-order valence-corrected chi connectivity index (χ3v) is 3.87. The van der Waals surface area contributed by atoms with E-state index >= 15 is 0 Å². The van der Waals surface area contributed by atoms with Crippen LogP contribution in [0, 0.1) is 0 Å². The van der Waals surface area contributed by atoms with E-state index in [0.717, 1.165) is 17.5 Å². The standard InChI is InChI=1S/C18H22O3/c1-5-13-6-8-14(9-7-13)18(2,19)15-10-11-16(20-3)17(12-15)21-4/h6-12,19H,5H2,1-4H3. The van der Waals surface area contributed by atoms with Gasteiger partial charge in [0.2, 0.25) is 0 Å². The Labute approximate surface area is 126 Å². The first-order valence-electron chi connectivity index (χ1n) is 7.07. The van der Waals surface area contributed by atoms with Crippen molar-refractivity contribution < 1.29 is 14.6 Å². The molecule has 1 atom stereocenters. The summed E-state index contributed by atoms with van der Waals surface area (Å²) in [5.74, 6) is 1.26. The number of rotatable bonds is 5. The second-order valence-corrected chi connectivity index (χ2v) is 5.19. The molecule has 3 heteroatoms. The van der Waals surface area contributed by atoms with E-state index in [-0.39, 0.29) is 0 Å². The van der Waals surface area contributed by atoms with Gasteiger partial charge in [-0.05, 0) is 42.2 Å². The lowest BCUT2D eigenvalue weighted by Gasteiger charge is -2.25. The zero-order valence-corrected chi connectivity index (χ0v) is 13.0. The van der Waals surface area contributed by atoms with Crippen LogP contribution >= 0.6 is 0 Å². The molecule has 0 aliphatic carbocycles. The molecule has 0 aliphatic rings. The molecule has 0 fully saturated rings. The second-order valence-electron chi connectivity index (χ2n) is 5.19. The zero-order chi connectivity index (χ0) is 15.5. The van der Waals surface area contributed by atoms with Crippen LogP contribution in [-0.4, -0.2) is 19.3 Å². The summed E-state index contributed by atoms with van der Waals surface area (Å²) in [6.07, 6.45) is 0.985. The molecule has 0 radical (unpaired) electrons. The van der Waals surface area contributed by atoms with Crippen LogP contribution in [-0.2, 0) is 12.0 Å². The molecule has 1 unspecified atom stereocenters. The number of hydrogen-bond donors (Lipinski definition) is 1. The molecule has 3 nitrogen and oxygen atoms in total. The fraction of sp³-hybridized carbons (Fsp3) is 0.333. The van der Waals surface area contributed by atoms with Gasteiger partial charge in [-0.1, -0.05) is 37.3 Å². The minimum Gasteiger partial charge on any atom is -0.493 e. The molecule has 2 aromatic carbocycles. The summed E-state index contributed by atoms with van der Waals surface area (Å²) >= 11 is 0. The maximum atomic E-state index is 10.9. The number of ether oxygens (including phenoxy) is 2. The van der Waals surface area contributed by atoms with Gasteiger partial charge in [-0.3, -0.25) is 0 Å². The Balaban J connectivity index is 2.42. The van der Waals surface area contributed by atoms with E-state index in [1.165, 1.54) is 5.56 Å². The molecule has 0 aromatic heterocycles. The third-order valence-electron chi connectivity index (χ3n) is 3.87. The molecule has 0 heterocycles. The molecular weight excluding hydrogens is 264 g/mol. The number of methoxy groups -OCH3 is 2. The molecular formula is C18H22O3. The van der Waals surface area contributed by atoms with Crippen molar-refractivity contribution in [3.8, 4) is 11.5 Å². The molecule has 2 aromatic rings. The van der Waals surface area contributed by atoms with Crippen molar-refractivity contribution >= 4 is 0 Å². The van der Waals surface area contributed by atoms with Crippen molar-refractivity contribution in [1.29, 1.82) is 0 Å². The Bertz CT molecular complexity index is 600. The minimum absolute atomic E-state index is 0.612. The van der Waals surface area contributed by atoms with Crippen LogP contribution in [0.25, 0.3) is 0 Å². The van der Waals surface area contributed by atoms with Gasteiger partial charge in [-0.2, -0.15) is 0 Å². The predicted octanol–water partition coefficient (Wildman–Crippen LogP) is 3.52. The second kappa shape index (κ2) is 6.19. The summed E-state index contributed by atoms with van der Waals surface area (Å²) in [5, 5.41) is 10.9. The fourth-order valence-corrected chi connectivity index (χ4v) is 2.37. The normalized spacial score (nSPS) is 13.6. The summed E-state index contributed by atoms with van der Waals surface area (Å²) < 4.78 is 10.5. The van der Waals surface area contributed by atoms with E-state index in [0.29, 0.717) is 11.5 Å². The number of hydrogen-bond acceptors (Lipinski definition) is 3. The van der Waals surface area contributed by atoms with Crippen molar-refractivity contribution in [1.82, 2.24) is 0 Å². The Morgan fingerprint density at radius 2 is 1.48 bits per heavy atom. The molecule has 0 aliphatic heterocycles. The van der Waals surface area contributed by atoms with Crippen molar-refractivity contribution in [3.63, 3.8) is 0 Å². The largest absolute Gasteiger partial charge is 0.493 e. The van der Waals surface area contributed by atoms with Gasteiger partial charge in [-0.25, -0.2) is 0 Å². The monoisotopic (exact) mass is 286 g/mol. The molecule has 2 rings (SSSR count). The smallest absolute Gasteiger partial charge is 0.161 e. The van der Waals surface area contributed by atoms with E-state index in [9.17, 15) is 5.11 Å². The van der Waals surface area contributed by atoms with Crippen LogP contribution in [0.15, 0.2) is 42.5 Å². The van der Waals surface area contributed by atoms with E-state index in [4.69, 9.17) is 9.47 Å². The highest BCUT2D eigenvalue weighted by Gasteiger charge is 2.26. The van der Waals surface area contributed by atoms with Crippen LogP contribution < -0.4 is 9.47 Å². The van der Waals surface area contributed by atoms with Gasteiger partial charge in [0, 0.05) is 0 Å². The number of benzene rings is 2. The SMILES string of the molecule is CCc1ccc(C(C)(O)c2ccc(OC)c(OC)c2)cc1. The van der Waals surface area contributed by atoms with Crippen LogP contribution in [0.5, 0.6) is 11.5 Å². The Kier molecular flexibility index (Phi) is 4.53. The lowest BCUT2D eigenvalue weighted by Crippen LogP contribution is -2.22. The first-order valence-corrected chi connectivity index (χ1v) is 7.07. The fourth-order valence-electron chi connectivity index (χ4n) is 2.37.